The zero-order chi connectivity index (χ0) is 28.9. The lowest BCUT2D eigenvalue weighted by Gasteiger charge is -2.44. The molecule has 0 bridgehead atoms. The van der Waals surface area contributed by atoms with Gasteiger partial charge in [-0.15, -0.1) is 0 Å². The topological polar surface area (TPSA) is 71.3 Å². The van der Waals surface area contributed by atoms with Crippen LogP contribution in [-0.2, 0) is 4.79 Å². The fourth-order valence-corrected chi connectivity index (χ4v) is 5.85. The Labute approximate surface area is 233 Å². The Kier molecular flexibility index (Phi) is 6.59. The molecule has 0 saturated carbocycles. The van der Waals surface area contributed by atoms with Gasteiger partial charge in [-0.1, -0.05) is 6.07 Å². The molecule has 0 radical (unpaired) electrons. The fraction of sp³-hybridized carbons (Fsp3) is 0.267. The SMILES string of the molecule is Cc1ccc(N2CCC(=O)C23CCN(C(=O)c2cc(-c4cccnc4)n(-c4cc(F)c(F)c(F)c4)n2)CC3)c(F)c1. The van der Waals surface area contributed by atoms with Crippen LogP contribution in [0, 0.1) is 30.2 Å². The van der Waals surface area contributed by atoms with Gasteiger partial charge in [-0.3, -0.25) is 14.6 Å². The van der Waals surface area contributed by atoms with Crippen LogP contribution in [0.5, 0.6) is 0 Å². The molecule has 2 aromatic carbocycles. The van der Waals surface area contributed by atoms with E-state index in [0.717, 1.165) is 17.7 Å². The summed E-state index contributed by atoms with van der Waals surface area (Å²) in [5.74, 6) is -5.20. The Morgan fingerprint density at radius 2 is 1.66 bits per heavy atom. The first-order valence-corrected chi connectivity index (χ1v) is 13.2. The molecule has 2 fully saturated rings. The number of aryl methyl sites for hydroxylation is 1. The third-order valence-corrected chi connectivity index (χ3v) is 7.97. The molecule has 2 aromatic heterocycles. The van der Waals surface area contributed by atoms with Gasteiger partial charge in [-0.25, -0.2) is 22.2 Å². The maximum atomic E-state index is 14.9. The van der Waals surface area contributed by atoms with E-state index < -0.39 is 28.9 Å². The summed E-state index contributed by atoms with van der Waals surface area (Å²) >= 11 is 0. The van der Waals surface area contributed by atoms with Crippen LogP contribution in [0.4, 0.5) is 23.2 Å². The number of Topliss-reactive ketones (excluding diaryl/α,β-unsaturated/α-hetero) is 1. The summed E-state index contributed by atoms with van der Waals surface area (Å²) in [5, 5.41) is 4.35. The number of rotatable bonds is 4. The molecule has 2 saturated heterocycles. The highest BCUT2D eigenvalue weighted by Gasteiger charge is 2.51. The highest BCUT2D eigenvalue weighted by molar-refractivity contribution is 5.97. The van der Waals surface area contributed by atoms with Gasteiger partial charge in [0.25, 0.3) is 5.91 Å². The number of nitrogens with zero attached hydrogens (tertiary/aromatic N) is 5. The number of hydrogen-bond donors (Lipinski definition) is 0. The van der Waals surface area contributed by atoms with Gasteiger partial charge in [0.05, 0.1) is 17.1 Å². The molecule has 6 rings (SSSR count). The van der Waals surface area contributed by atoms with Crippen LogP contribution in [0.3, 0.4) is 0 Å². The minimum absolute atomic E-state index is 0.00382. The molecule has 7 nitrogen and oxygen atoms in total. The Morgan fingerprint density at radius 1 is 0.927 bits per heavy atom. The predicted octanol–water partition coefficient (Wildman–Crippen LogP) is 5.25. The molecule has 1 amide bonds. The molecule has 0 atom stereocenters. The first-order valence-electron chi connectivity index (χ1n) is 13.2. The normalized spacial score (nSPS) is 16.6. The standard InChI is InChI=1S/C30H25F4N5O2/c1-18-4-5-25(21(31)13-18)38-10-6-27(40)30(38)7-11-37(12-8-30)29(41)24-16-26(19-3-2-9-35-17-19)39(36-24)20-14-22(32)28(34)23(33)15-20/h2-5,9,13-17H,6-8,10-12H2,1H3. The van der Waals surface area contributed by atoms with Gasteiger partial charge in [0.1, 0.15) is 11.4 Å². The second-order valence-corrected chi connectivity index (χ2v) is 10.4. The van der Waals surface area contributed by atoms with E-state index in [1.165, 1.54) is 23.0 Å². The van der Waals surface area contributed by atoms with Crippen LogP contribution in [-0.4, -0.2) is 56.5 Å². The number of ketones is 1. The van der Waals surface area contributed by atoms with E-state index in [1.807, 2.05) is 11.0 Å². The summed E-state index contributed by atoms with van der Waals surface area (Å²) in [4.78, 5) is 34.2. The summed E-state index contributed by atoms with van der Waals surface area (Å²) in [6.45, 7) is 2.65. The summed E-state index contributed by atoms with van der Waals surface area (Å²) < 4.78 is 57.9. The number of pyridine rings is 1. The average molecular weight is 564 g/mol. The number of aromatic nitrogens is 3. The van der Waals surface area contributed by atoms with Crippen molar-refractivity contribution in [2.45, 2.75) is 31.7 Å². The molecule has 4 aromatic rings. The highest BCUT2D eigenvalue weighted by atomic mass is 19.2. The first-order chi connectivity index (χ1) is 19.7. The monoisotopic (exact) mass is 563 g/mol. The molecular formula is C30H25F4N5O2. The number of carbonyl (C=O) groups is 2. The minimum atomic E-state index is -1.61. The van der Waals surface area contributed by atoms with Gasteiger partial charge in [-0.05, 0) is 55.7 Å². The van der Waals surface area contributed by atoms with Crippen LogP contribution in [0.15, 0.2) is 60.9 Å². The summed E-state index contributed by atoms with van der Waals surface area (Å²) in [6, 6.07) is 11.4. The van der Waals surface area contributed by atoms with E-state index in [9.17, 15) is 27.2 Å². The third kappa shape index (κ3) is 4.55. The zero-order valence-electron chi connectivity index (χ0n) is 22.1. The summed E-state index contributed by atoms with van der Waals surface area (Å²) in [7, 11) is 0. The van der Waals surface area contributed by atoms with Crippen molar-refractivity contribution < 1.29 is 27.2 Å². The lowest BCUT2D eigenvalue weighted by Crippen LogP contribution is -2.57. The van der Waals surface area contributed by atoms with Crippen LogP contribution in [0.1, 0.15) is 35.3 Å². The third-order valence-electron chi connectivity index (χ3n) is 7.97. The average Bonchev–Trinajstić information content (AvgIpc) is 3.54. The maximum Gasteiger partial charge on any atom is 0.274 e. The van der Waals surface area contributed by atoms with Crippen molar-refractivity contribution in [2.24, 2.45) is 0 Å². The number of piperidine rings is 1. The molecule has 4 heterocycles. The number of halogens is 4. The van der Waals surface area contributed by atoms with Crippen molar-refractivity contribution in [2.75, 3.05) is 24.5 Å². The van der Waals surface area contributed by atoms with Crippen molar-refractivity contribution in [3.05, 3.63) is 95.5 Å². The van der Waals surface area contributed by atoms with E-state index in [-0.39, 0.29) is 36.1 Å². The fourth-order valence-electron chi connectivity index (χ4n) is 5.85. The van der Waals surface area contributed by atoms with Crippen molar-refractivity contribution in [3.63, 3.8) is 0 Å². The number of likely N-dealkylation sites (tertiary alicyclic amines) is 1. The van der Waals surface area contributed by atoms with Gasteiger partial charge in [0.2, 0.25) is 0 Å². The van der Waals surface area contributed by atoms with Crippen molar-refractivity contribution in [3.8, 4) is 16.9 Å². The second-order valence-electron chi connectivity index (χ2n) is 10.4. The smallest absolute Gasteiger partial charge is 0.274 e. The first kappa shape index (κ1) is 26.7. The lowest BCUT2D eigenvalue weighted by atomic mass is 9.83. The van der Waals surface area contributed by atoms with Gasteiger partial charge in [0, 0.05) is 56.1 Å². The van der Waals surface area contributed by atoms with E-state index in [2.05, 4.69) is 10.1 Å². The molecule has 1 spiro atoms. The van der Waals surface area contributed by atoms with Gasteiger partial charge < -0.3 is 9.80 Å². The molecule has 0 aliphatic carbocycles. The Bertz CT molecular complexity index is 1640. The van der Waals surface area contributed by atoms with Crippen molar-refractivity contribution >= 4 is 17.4 Å². The lowest BCUT2D eigenvalue weighted by molar-refractivity contribution is -0.123. The molecule has 0 unspecified atom stereocenters. The zero-order valence-corrected chi connectivity index (χ0v) is 22.1. The van der Waals surface area contributed by atoms with E-state index in [4.69, 9.17) is 0 Å². The minimum Gasteiger partial charge on any atom is -0.356 e. The predicted molar refractivity (Wildman–Crippen MR) is 143 cm³/mol. The van der Waals surface area contributed by atoms with Crippen LogP contribution >= 0.6 is 0 Å². The molecular weight excluding hydrogens is 538 g/mol. The molecule has 2 aliphatic heterocycles. The van der Waals surface area contributed by atoms with E-state index >= 15 is 0 Å². The highest BCUT2D eigenvalue weighted by Crippen LogP contribution is 2.41. The quantitative estimate of drug-likeness (QED) is 0.251. The van der Waals surface area contributed by atoms with Crippen LogP contribution in [0.2, 0.25) is 0 Å². The summed E-state index contributed by atoms with van der Waals surface area (Å²) in [6.07, 6.45) is 3.98. The molecule has 2 aliphatic rings. The Balaban J connectivity index is 1.30. The van der Waals surface area contributed by atoms with Crippen LogP contribution < -0.4 is 4.90 Å². The number of anilines is 1. The largest absolute Gasteiger partial charge is 0.356 e. The number of benzene rings is 2. The van der Waals surface area contributed by atoms with Gasteiger partial charge >= 0.3 is 0 Å². The molecule has 0 N–H and O–H groups in total. The second kappa shape index (κ2) is 10.1. The Hall–Kier alpha value is -4.54. The molecule has 210 valence electrons. The maximum absolute atomic E-state index is 14.9. The van der Waals surface area contributed by atoms with Gasteiger partial charge in [0.15, 0.2) is 28.9 Å². The van der Waals surface area contributed by atoms with E-state index in [1.54, 1.807) is 36.2 Å². The molecule has 41 heavy (non-hydrogen) atoms. The van der Waals surface area contributed by atoms with Gasteiger partial charge in [-0.2, -0.15) is 5.10 Å². The van der Waals surface area contributed by atoms with Crippen molar-refractivity contribution in [1.29, 1.82) is 0 Å². The number of amides is 1. The molecule has 11 heteroatoms. The van der Waals surface area contributed by atoms with Crippen LogP contribution in [0.25, 0.3) is 16.9 Å². The van der Waals surface area contributed by atoms with Crippen molar-refractivity contribution in [1.82, 2.24) is 19.7 Å². The number of carbonyl (C=O) groups excluding carboxylic acids is 2. The van der Waals surface area contributed by atoms with E-state index in [0.29, 0.717) is 42.8 Å². The number of hydrogen-bond acceptors (Lipinski definition) is 5. The Morgan fingerprint density at radius 3 is 2.32 bits per heavy atom. The summed E-state index contributed by atoms with van der Waals surface area (Å²) in [5.41, 5.74) is 0.994.